The highest BCUT2D eigenvalue weighted by molar-refractivity contribution is 6.59. The van der Waals surface area contributed by atoms with Crippen LogP contribution in [0.2, 0.25) is 0 Å². The van der Waals surface area contributed by atoms with Crippen LogP contribution in [0.4, 0.5) is 0 Å². The highest BCUT2D eigenvalue weighted by Crippen LogP contribution is 2.16. The molecule has 0 saturated carbocycles. The van der Waals surface area contributed by atoms with E-state index in [4.69, 9.17) is 14.8 Å². The Balaban J connectivity index is 2.49. The number of hydrogen-bond donors (Lipinski definition) is 2. The molecule has 0 radical (unpaired) electrons. The molecule has 0 saturated heterocycles. The summed E-state index contributed by atoms with van der Waals surface area (Å²) in [6.45, 7) is 1.89. The fraction of sp³-hybridized carbons (Fsp3) is 0.182. The number of nitrogens with zero attached hydrogens (tertiary/aromatic N) is 2. The Hall–Kier alpha value is -1.79. The minimum atomic E-state index is -1.54. The Morgan fingerprint density at radius 2 is 2.12 bits per heavy atom. The molecule has 2 aromatic rings. The molecule has 2 rings (SSSR count). The molecule has 0 spiro atoms. The van der Waals surface area contributed by atoms with Crippen LogP contribution in [-0.4, -0.2) is 33.8 Å². The minimum Gasteiger partial charge on any atom is -0.497 e. The maximum absolute atomic E-state index is 9.17. The van der Waals surface area contributed by atoms with E-state index in [1.54, 1.807) is 24.4 Å². The van der Waals surface area contributed by atoms with E-state index in [1.807, 2.05) is 17.7 Å². The van der Waals surface area contributed by atoms with Gasteiger partial charge in [0.05, 0.1) is 12.8 Å². The van der Waals surface area contributed by atoms with Crippen molar-refractivity contribution in [3.63, 3.8) is 0 Å². The van der Waals surface area contributed by atoms with Crippen LogP contribution in [0.3, 0.4) is 0 Å². The maximum Gasteiger partial charge on any atom is 0.492 e. The molecule has 0 aliphatic carbocycles. The topological polar surface area (TPSA) is 67.5 Å². The Morgan fingerprint density at radius 1 is 1.35 bits per heavy atom. The van der Waals surface area contributed by atoms with Crippen LogP contribution < -0.4 is 10.2 Å². The lowest BCUT2D eigenvalue weighted by atomic mass is 9.79. The normalized spacial score (nSPS) is 10.4. The van der Waals surface area contributed by atoms with Crippen molar-refractivity contribution in [1.29, 1.82) is 0 Å². The van der Waals surface area contributed by atoms with Crippen LogP contribution in [0.5, 0.6) is 5.75 Å². The van der Waals surface area contributed by atoms with Gasteiger partial charge < -0.3 is 19.4 Å². The van der Waals surface area contributed by atoms with Crippen molar-refractivity contribution in [2.45, 2.75) is 6.92 Å². The molecule has 88 valence electrons. The molecule has 1 aromatic carbocycles. The van der Waals surface area contributed by atoms with Gasteiger partial charge in [0.2, 0.25) is 0 Å². The third-order valence-electron chi connectivity index (χ3n) is 2.60. The Labute approximate surface area is 99.5 Å². The summed E-state index contributed by atoms with van der Waals surface area (Å²) in [7, 11) is -0.0472. The first kappa shape index (κ1) is 11.7. The van der Waals surface area contributed by atoms with Gasteiger partial charge in [-0.15, -0.1) is 0 Å². The molecule has 0 amide bonds. The molecule has 0 aliphatic rings. The number of rotatable bonds is 3. The quantitative estimate of drug-likeness (QED) is 0.723. The van der Waals surface area contributed by atoms with Crippen molar-refractivity contribution in [2.75, 3.05) is 7.11 Å². The molecule has 0 fully saturated rings. The summed E-state index contributed by atoms with van der Waals surface area (Å²) in [5.74, 6) is 1.29. The number of aromatic nitrogens is 2. The summed E-state index contributed by atoms with van der Waals surface area (Å²) in [4.78, 5) is 4.13. The number of hydrogen-bond acceptors (Lipinski definition) is 4. The van der Waals surface area contributed by atoms with Crippen LogP contribution in [0.1, 0.15) is 5.82 Å². The summed E-state index contributed by atoms with van der Waals surface area (Å²) in [6, 6.07) is 5.15. The fourth-order valence-electron chi connectivity index (χ4n) is 1.71. The lowest BCUT2D eigenvalue weighted by Gasteiger charge is -2.11. The largest absolute Gasteiger partial charge is 0.497 e. The lowest BCUT2D eigenvalue weighted by Crippen LogP contribution is -2.31. The predicted octanol–water partition coefficient (Wildman–Crippen LogP) is -0.131. The van der Waals surface area contributed by atoms with E-state index in [2.05, 4.69) is 4.98 Å². The monoisotopic (exact) mass is 232 g/mol. The molecular weight excluding hydrogens is 219 g/mol. The van der Waals surface area contributed by atoms with Gasteiger partial charge in [-0.1, -0.05) is 6.07 Å². The molecule has 2 N–H and O–H groups in total. The van der Waals surface area contributed by atoms with Crippen molar-refractivity contribution in [2.24, 2.45) is 0 Å². The van der Waals surface area contributed by atoms with E-state index in [0.717, 1.165) is 11.5 Å². The average Bonchev–Trinajstić information content (AvgIpc) is 2.74. The average molecular weight is 232 g/mol. The van der Waals surface area contributed by atoms with E-state index in [-0.39, 0.29) is 0 Å². The van der Waals surface area contributed by atoms with E-state index in [9.17, 15) is 0 Å². The first-order chi connectivity index (χ1) is 8.13. The van der Waals surface area contributed by atoms with Gasteiger partial charge in [-0.3, -0.25) is 0 Å². The number of methoxy groups -OCH3 is 1. The summed E-state index contributed by atoms with van der Waals surface area (Å²) in [5, 5.41) is 18.3. The van der Waals surface area contributed by atoms with Crippen molar-refractivity contribution in [1.82, 2.24) is 9.55 Å². The highest BCUT2D eigenvalue weighted by atomic mass is 16.5. The standard InChI is InChI=1S/C11H13BN2O3/c1-8-13-5-6-14(8)9-3-4-10(12(15)16)11(7-9)17-2/h3-7,15-16H,1-2H3. The molecule has 0 unspecified atom stereocenters. The van der Waals surface area contributed by atoms with Gasteiger partial charge in [-0.2, -0.15) is 0 Å². The second-order valence-corrected chi connectivity index (χ2v) is 3.64. The van der Waals surface area contributed by atoms with E-state index in [0.29, 0.717) is 11.2 Å². The second kappa shape index (κ2) is 4.61. The molecule has 0 aliphatic heterocycles. The van der Waals surface area contributed by atoms with Gasteiger partial charge in [0.15, 0.2) is 0 Å². The minimum absolute atomic E-state index is 0.342. The fourth-order valence-corrected chi connectivity index (χ4v) is 1.71. The van der Waals surface area contributed by atoms with Crippen LogP contribution in [0, 0.1) is 6.92 Å². The van der Waals surface area contributed by atoms with Crippen molar-refractivity contribution in [3.8, 4) is 11.4 Å². The first-order valence-corrected chi connectivity index (χ1v) is 5.18. The third-order valence-corrected chi connectivity index (χ3v) is 2.60. The predicted molar refractivity (Wildman–Crippen MR) is 64.7 cm³/mol. The van der Waals surface area contributed by atoms with Gasteiger partial charge in [0.1, 0.15) is 11.6 Å². The highest BCUT2D eigenvalue weighted by Gasteiger charge is 2.17. The summed E-state index contributed by atoms with van der Waals surface area (Å²) < 4.78 is 7.02. The van der Waals surface area contributed by atoms with Gasteiger partial charge >= 0.3 is 7.12 Å². The van der Waals surface area contributed by atoms with E-state index < -0.39 is 7.12 Å². The number of benzene rings is 1. The first-order valence-electron chi connectivity index (χ1n) is 5.18. The molecule has 1 aromatic heterocycles. The van der Waals surface area contributed by atoms with Crippen LogP contribution >= 0.6 is 0 Å². The Morgan fingerprint density at radius 3 is 2.65 bits per heavy atom. The number of ether oxygens (including phenoxy) is 1. The van der Waals surface area contributed by atoms with Gasteiger partial charge in [-0.25, -0.2) is 4.98 Å². The molecule has 1 heterocycles. The van der Waals surface area contributed by atoms with Gasteiger partial charge in [-0.05, 0) is 13.0 Å². The third kappa shape index (κ3) is 2.18. The zero-order valence-electron chi connectivity index (χ0n) is 9.66. The number of imidazole rings is 1. The Bertz CT molecular complexity index is 525. The van der Waals surface area contributed by atoms with Gasteiger partial charge in [0, 0.05) is 23.9 Å². The second-order valence-electron chi connectivity index (χ2n) is 3.64. The van der Waals surface area contributed by atoms with Crippen molar-refractivity contribution in [3.05, 3.63) is 36.4 Å². The summed E-state index contributed by atoms with van der Waals surface area (Å²) in [6.07, 6.45) is 3.54. The van der Waals surface area contributed by atoms with Gasteiger partial charge in [0.25, 0.3) is 0 Å². The molecule has 6 heteroatoms. The van der Waals surface area contributed by atoms with Crippen molar-refractivity contribution >= 4 is 12.6 Å². The van der Waals surface area contributed by atoms with Crippen molar-refractivity contribution < 1.29 is 14.8 Å². The Kier molecular flexibility index (Phi) is 3.17. The molecule has 5 nitrogen and oxygen atoms in total. The van der Waals surface area contributed by atoms with E-state index in [1.165, 1.54) is 7.11 Å². The molecule has 0 bridgehead atoms. The molecule has 0 atom stereocenters. The number of aryl methyl sites for hydroxylation is 1. The SMILES string of the molecule is COc1cc(-n2ccnc2C)ccc1B(O)O. The zero-order chi connectivity index (χ0) is 12.4. The van der Waals surface area contributed by atoms with Crippen LogP contribution in [-0.2, 0) is 0 Å². The van der Waals surface area contributed by atoms with Crippen LogP contribution in [0.25, 0.3) is 5.69 Å². The smallest absolute Gasteiger partial charge is 0.492 e. The van der Waals surface area contributed by atoms with Crippen LogP contribution in [0.15, 0.2) is 30.6 Å². The summed E-state index contributed by atoms with van der Waals surface area (Å²) >= 11 is 0. The molecule has 17 heavy (non-hydrogen) atoms. The summed E-state index contributed by atoms with van der Waals surface area (Å²) in [5.41, 5.74) is 1.20. The zero-order valence-corrected chi connectivity index (χ0v) is 9.66. The lowest BCUT2D eigenvalue weighted by molar-refractivity contribution is 0.403. The maximum atomic E-state index is 9.17. The van der Waals surface area contributed by atoms with E-state index >= 15 is 0 Å². The molecular formula is C11H13BN2O3.